The molecule has 152 valence electrons. The molecule has 29 heavy (non-hydrogen) atoms. The van der Waals surface area contributed by atoms with Gasteiger partial charge in [0.25, 0.3) is 11.5 Å². The molecule has 0 aliphatic carbocycles. The predicted molar refractivity (Wildman–Crippen MR) is 113 cm³/mol. The summed E-state index contributed by atoms with van der Waals surface area (Å²) >= 11 is 1.15. The Bertz CT molecular complexity index is 1140. The molecule has 2 aromatic heterocycles. The summed E-state index contributed by atoms with van der Waals surface area (Å²) in [6.07, 6.45) is 0. The van der Waals surface area contributed by atoms with Crippen molar-refractivity contribution < 1.29 is 14.3 Å². The number of hydrogen-bond donors (Lipinski definition) is 3. The van der Waals surface area contributed by atoms with E-state index >= 15 is 0 Å². The van der Waals surface area contributed by atoms with E-state index in [1.807, 2.05) is 13.0 Å². The highest BCUT2D eigenvalue weighted by molar-refractivity contribution is 7.20. The Morgan fingerprint density at radius 1 is 1.34 bits per heavy atom. The van der Waals surface area contributed by atoms with Crippen LogP contribution in [0.25, 0.3) is 10.2 Å². The number of thiophene rings is 1. The van der Waals surface area contributed by atoms with Gasteiger partial charge in [0.05, 0.1) is 18.0 Å². The first-order valence-corrected chi connectivity index (χ1v) is 9.96. The molecule has 3 rings (SSSR count). The molecule has 0 unspecified atom stereocenters. The number of ether oxygens (including phenoxy) is 1. The summed E-state index contributed by atoms with van der Waals surface area (Å²) in [6.45, 7) is 5.56. The Morgan fingerprint density at radius 3 is 2.79 bits per heavy atom. The van der Waals surface area contributed by atoms with Crippen LogP contribution in [-0.4, -0.2) is 35.5 Å². The third kappa shape index (κ3) is 4.14. The van der Waals surface area contributed by atoms with E-state index in [-0.39, 0.29) is 24.1 Å². The smallest absolute Gasteiger partial charge is 0.348 e. The number of carbonyl (C=O) groups excluding carboxylic acids is 2. The first-order valence-electron chi connectivity index (χ1n) is 9.14. The molecular formula is C20H22N4O4S. The van der Waals surface area contributed by atoms with Crippen molar-refractivity contribution >= 4 is 39.1 Å². The van der Waals surface area contributed by atoms with Gasteiger partial charge in [-0.15, -0.1) is 11.3 Å². The molecule has 8 nitrogen and oxygen atoms in total. The zero-order chi connectivity index (χ0) is 21.1. The van der Waals surface area contributed by atoms with Crippen LogP contribution < -0.4 is 16.2 Å². The van der Waals surface area contributed by atoms with Gasteiger partial charge < -0.3 is 20.4 Å². The van der Waals surface area contributed by atoms with Crippen LogP contribution in [0.4, 0.5) is 5.69 Å². The summed E-state index contributed by atoms with van der Waals surface area (Å²) in [4.78, 5) is 44.8. The number of rotatable bonds is 6. The number of nitrogens with one attached hydrogen (secondary N) is 3. The number of esters is 1. The van der Waals surface area contributed by atoms with Gasteiger partial charge in [-0.25, -0.2) is 9.78 Å². The van der Waals surface area contributed by atoms with Crippen LogP contribution in [0.3, 0.4) is 0 Å². The second kappa shape index (κ2) is 8.44. The highest BCUT2D eigenvalue weighted by Crippen LogP contribution is 2.28. The van der Waals surface area contributed by atoms with Crippen molar-refractivity contribution in [2.75, 3.05) is 19.0 Å². The van der Waals surface area contributed by atoms with Crippen LogP contribution in [0.15, 0.2) is 29.1 Å². The second-order valence-corrected chi connectivity index (χ2v) is 7.43. The van der Waals surface area contributed by atoms with Gasteiger partial charge in [-0.05, 0) is 44.5 Å². The van der Waals surface area contributed by atoms with E-state index in [1.165, 1.54) is 0 Å². The summed E-state index contributed by atoms with van der Waals surface area (Å²) in [5.41, 5.74) is 1.51. The Hall–Kier alpha value is -3.20. The van der Waals surface area contributed by atoms with Crippen LogP contribution in [0.5, 0.6) is 0 Å². The quantitative estimate of drug-likeness (QED) is 0.535. The predicted octanol–water partition coefficient (Wildman–Crippen LogP) is 3.00. The normalized spacial score (nSPS) is 11.9. The number of amides is 1. The lowest BCUT2D eigenvalue weighted by molar-refractivity contribution is 0.0531. The number of fused-ring (bicyclic) bond motifs is 1. The Morgan fingerprint density at radius 2 is 2.10 bits per heavy atom. The van der Waals surface area contributed by atoms with Gasteiger partial charge in [-0.3, -0.25) is 9.59 Å². The Labute approximate surface area is 171 Å². The van der Waals surface area contributed by atoms with Crippen molar-refractivity contribution in [3.8, 4) is 0 Å². The second-order valence-electron chi connectivity index (χ2n) is 6.43. The molecular weight excluding hydrogens is 392 g/mol. The van der Waals surface area contributed by atoms with E-state index in [1.54, 1.807) is 39.1 Å². The first-order chi connectivity index (χ1) is 13.8. The molecule has 3 aromatic rings. The van der Waals surface area contributed by atoms with Crippen molar-refractivity contribution in [1.82, 2.24) is 15.3 Å². The van der Waals surface area contributed by atoms with Crippen molar-refractivity contribution in [2.45, 2.75) is 26.8 Å². The lowest BCUT2D eigenvalue weighted by atomic mass is 10.1. The van der Waals surface area contributed by atoms with E-state index in [0.717, 1.165) is 17.0 Å². The minimum atomic E-state index is -0.453. The van der Waals surface area contributed by atoms with Crippen molar-refractivity contribution in [3.63, 3.8) is 0 Å². The monoisotopic (exact) mass is 414 g/mol. The van der Waals surface area contributed by atoms with Gasteiger partial charge in [0, 0.05) is 18.3 Å². The molecule has 0 aliphatic rings. The molecule has 9 heteroatoms. The van der Waals surface area contributed by atoms with Gasteiger partial charge in [0.1, 0.15) is 15.5 Å². The topological polar surface area (TPSA) is 113 Å². The lowest BCUT2D eigenvalue weighted by Crippen LogP contribution is -2.19. The minimum Gasteiger partial charge on any atom is -0.462 e. The van der Waals surface area contributed by atoms with E-state index in [4.69, 9.17) is 4.74 Å². The molecule has 0 radical (unpaired) electrons. The molecule has 0 saturated carbocycles. The molecule has 0 bridgehead atoms. The van der Waals surface area contributed by atoms with Crippen molar-refractivity contribution in [1.29, 1.82) is 0 Å². The van der Waals surface area contributed by atoms with Crippen LogP contribution in [0.1, 0.15) is 51.3 Å². The molecule has 0 aliphatic heterocycles. The maximum atomic E-state index is 12.6. The Balaban J connectivity index is 1.93. The molecule has 1 atom stereocenters. The van der Waals surface area contributed by atoms with Crippen LogP contribution >= 0.6 is 11.3 Å². The highest BCUT2D eigenvalue weighted by atomic mass is 32.1. The number of benzene rings is 1. The van der Waals surface area contributed by atoms with Crippen molar-refractivity contribution in [3.05, 3.63) is 56.4 Å². The molecule has 1 amide bonds. The van der Waals surface area contributed by atoms with Gasteiger partial charge in [-0.1, -0.05) is 6.07 Å². The number of anilines is 1. The summed E-state index contributed by atoms with van der Waals surface area (Å²) in [6, 6.07) is 6.70. The molecule has 1 aromatic carbocycles. The van der Waals surface area contributed by atoms with Gasteiger partial charge in [-0.2, -0.15) is 0 Å². The average molecular weight is 414 g/mol. The average Bonchev–Trinajstić information content (AvgIpc) is 3.04. The zero-order valence-corrected chi connectivity index (χ0v) is 17.4. The number of nitrogens with zero attached hydrogens (tertiary/aromatic N) is 1. The summed E-state index contributed by atoms with van der Waals surface area (Å²) in [5, 5.41) is 6.22. The number of aromatic nitrogens is 2. The molecule has 0 fully saturated rings. The third-order valence-electron chi connectivity index (χ3n) is 4.42. The molecule has 2 heterocycles. The number of hydrogen-bond acceptors (Lipinski definition) is 7. The first kappa shape index (κ1) is 20.5. The van der Waals surface area contributed by atoms with Crippen LogP contribution in [-0.2, 0) is 4.74 Å². The standard InChI is InChI=1S/C20H22N4O4S/c1-5-28-20(27)15-10(2)14-18(26)23-16(24-19(14)29-15)11(3)22-13-8-6-7-12(9-13)17(25)21-4/h6-9,11,22H,5H2,1-4H3,(H,21,25)(H,23,24,26)/t11-/m0/s1. The fourth-order valence-corrected chi connectivity index (χ4v) is 4.05. The number of carbonyl (C=O) groups is 2. The van der Waals surface area contributed by atoms with E-state index in [2.05, 4.69) is 20.6 Å². The van der Waals surface area contributed by atoms with Gasteiger partial charge in [0.2, 0.25) is 0 Å². The maximum Gasteiger partial charge on any atom is 0.348 e. The molecule has 3 N–H and O–H groups in total. The number of aromatic amines is 1. The number of aryl methyl sites for hydroxylation is 1. The SMILES string of the molecule is CCOC(=O)c1sc2nc([C@H](C)Nc3cccc(C(=O)NC)c3)[nH]c(=O)c2c1C. The summed E-state index contributed by atoms with van der Waals surface area (Å²) < 4.78 is 5.06. The Kier molecular flexibility index (Phi) is 5.97. The zero-order valence-electron chi connectivity index (χ0n) is 16.6. The number of H-pyrrole nitrogens is 1. The van der Waals surface area contributed by atoms with E-state index in [0.29, 0.717) is 32.0 Å². The van der Waals surface area contributed by atoms with Crippen LogP contribution in [0, 0.1) is 6.92 Å². The molecule has 0 saturated heterocycles. The van der Waals surface area contributed by atoms with Crippen molar-refractivity contribution in [2.24, 2.45) is 0 Å². The van der Waals surface area contributed by atoms with Crippen LogP contribution in [0.2, 0.25) is 0 Å². The van der Waals surface area contributed by atoms with E-state index < -0.39 is 5.97 Å². The highest BCUT2D eigenvalue weighted by Gasteiger charge is 2.21. The molecule has 0 spiro atoms. The van der Waals surface area contributed by atoms with Gasteiger partial charge >= 0.3 is 5.97 Å². The maximum absolute atomic E-state index is 12.6. The van der Waals surface area contributed by atoms with E-state index in [9.17, 15) is 14.4 Å². The fraction of sp³-hybridized carbons (Fsp3) is 0.300. The summed E-state index contributed by atoms with van der Waals surface area (Å²) in [7, 11) is 1.57. The largest absolute Gasteiger partial charge is 0.462 e. The lowest BCUT2D eigenvalue weighted by Gasteiger charge is -2.15. The summed E-state index contributed by atoms with van der Waals surface area (Å²) in [5.74, 6) is -0.203. The van der Waals surface area contributed by atoms with Gasteiger partial charge in [0.15, 0.2) is 0 Å². The third-order valence-corrected chi connectivity index (χ3v) is 5.59. The fourth-order valence-electron chi connectivity index (χ4n) is 2.97. The minimum absolute atomic E-state index is 0.185.